The number of carbonyl (C=O) groups excluding carboxylic acids is 1. The summed E-state index contributed by atoms with van der Waals surface area (Å²) in [5.41, 5.74) is 7.06. The molecule has 0 saturated carbocycles. The zero-order chi connectivity index (χ0) is 14.7. The summed E-state index contributed by atoms with van der Waals surface area (Å²) in [5.74, 6) is -0.396. The number of piperidine rings is 1. The molecule has 0 bridgehead atoms. The van der Waals surface area contributed by atoms with E-state index in [1.807, 2.05) is 0 Å². The van der Waals surface area contributed by atoms with E-state index in [2.05, 4.69) is 21.5 Å². The first-order valence-corrected chi connectivity index (χ1v) is 7.49. The van der Waals surface area contributed by atoms with Crippen molar-refractivity contribution in [2.24, 2.45) is 5.92 Å². The molecule has 3 rings (SSSR count). The second-order valence-electron chi connectivity index (χ2n) is 5.71. The quantitative estimate of drug-likeness (QED) is 0.665. The number of halogens is 2. The average Bonchev–Trinajstić information content (AvgIpc) is 2.98. The van der Waals surface area contributed by atoms with Gasteiger partial charge in [-0.3, -0.25) is 10.2 Å². The highest BCUT2D eigenvalue weighted by Gasteiger charge is 2.34. The molecule has 122 valence electrons. The van der Waals surface area contributed by atoms with E-state index in [1.165, 1.54) is 12.1 Å². The van der Waals surface area contributed by atoms with Crippen LogP contribution in [0, 0.1) is 11.7 Å². The predicted molar refractivity (Wildman–Crippen MR) is 85.1 cm³/mol. The number of amides is 1. The summed E-state index contributed by atoms with van der Waals surface area (Å²) in [6.45, 7) is 2.44. The average molecular weight is 329 g/mol. The topological polar surface area (TPSA) is 65.2 Å². The molecule has 1 aromatic rings. The zero-order valence-electron chi connectivity index (χ0n) is 12.3. The number of carbonyl (C=O) groups is 1. The third kappa shape index (κ3) is 3.95. The molecule has 22 heavy (non-hydrogen) atoms. The van der Waals surface area contributed by atoms with Crippen LogP contribution in [0.2, 0.25) is 0 Å². The van der Waals surface area contributed by atoms with Crippen molar-refractivity contribution in [3.05, 3.63) is 35.6 Å². The van der Waals surface area contributed by atoms with Crippen molar-refractivity contribution < 1.29 is 9.18 Å². The van der Waals surface area contributed by atoms with E-state index >= 15 is 0 Å². The van der Waals surface area contributed by atoms with Crippen LogP contribution in [-0.2, 0) is 4.79 Å². The number of rotatable bonds is 3. The van der Waals surface area contributed by atoms with Crippen LogP contribution in [0.1, 0.15) is 24.4 Å². The maximum absolute atomic E-state index is 13.0. The molecule has 0 aromatic heterocycles. The summed E-state index contributed by atoms with van der Waals surface area (Å²) in [6.07, 6.45) is 2.11. The molecule has 3 unspecified atom stereocenters. The monoisotopic (exact) mass is 328 g/mol. The molecule has 2 aliphatic heterocycles. The molecule has 7 heteroatoms. The maximum atomic E-state index is 13.0. The van der Waals surface area contributed by atoms with Crippen LogP contribution in [0.3, 0.4) is 0 Å². The highest BCUT2D eigenvalue weighted by Crippen LogP contribution is 2.25. The first-order chi connectivity index (χ1) is 10.2. The van der Waals surface area contributed by atoms with Gasteiger partial charge in [-0.15, -0.1) is 12.4 Å². The third-order valence-electron chi connectivity index (χ3n) is 4.19. The first-order valence-electron chi connectivity index (χ1n) is 7.49. The Hall–Kier alpha value is -1.21. The number of hydrogen-bond donors (Lipinski definition) is 4. The van der Waals surface area contributed by atoms with Crippen molar-refractivity contribution in [3.8, 4) is 0 Å². The lowest BCUT2D eigenvalue weighted by Gasteiger charge is -2.26. The van der Waals surface area contributed by atoms with Crippen molar-refractivity contribution in [1.82, 2.24) is 21.5 Å². The number of benzene rings is 1. The Morgan fingerprint density at radius 3 is 2.68 bits per heavy atom. The van der Waals surface area contributed by atoms with Gasteiger partial charge in [0.2, 0.25) is 5.91 Å². The fraction of sp³-hybridized carbons (Fsp3) is 0.533. The molecular weight excluding hydrogens is 307 g/mol. The lowest BCUT2D eigenvalue weighted by molar-refractivity contribution is -0.125. The number of hydrazine groups is 1. The summed E-state index contributed by atoms with van der Waals surface area (Å²) in [4.78, 5) is 12.5. The highest BCUT2D eigenvalue weighted by molar-refractivity contribution is 5.85. The molecule has 1 amide bonds. The zero-order valence-corrected chi connectivity index (χ0v) is 13.1. The van der Waals surface area contributed by atoms with Gasteiger partial charge in [0, 0.05) is 19.1 Å². The summed E-state index contributed by atoms with van der Waals surface area (Å²) in [5, 5.41) is 6.41. The summed E-state index contributed by atoms with van der Waals surface area (Å²) in [6, 6.07) is 6.39. The third-order valence-corrected chi connectivity index (χ3v) is 4.19. The van der Waals surface area contributed by atoms with Crippen LogP contribution in [0.25, 0.3) is 0 Å². The number of hydrogen-bond acceptors (Lipinski definition) is 4. The molecule has 5 nitrogen and oxygen atoms in total. The first kappa shape index (κ1) is 17.1. The maximum Gasteiger partial charge on any atom is 0.226 e. The van der Waals surface area contributed by atoms with E-state index in [-0.39, 0.29) is 42.1 Å². The van der Waals surface area contributed by atoms with Crippen LogP contribution in [-0.4, -0.2) is 31.6 Å². The molecule has 0 aliphatic carbocycles. The second kappa shape index (κ2) is 7.87. The van der Waals surface area contributed by atoms with Gasteiger partial charge in [0.05, 0.1) is 12.0 Å². The van der Waals surface area contributed by atoms with Gasteiger partial charge in [0.25, 0.3) is 0 Å². The van der Waals surface area contributed by atoms with Gasteiger partial charge in [-0.05, 0) is 37.1 Å². The van der Waals surface area contributed by atoms with Crippen molar-refractivity contribution in [2.45, 2.75) is 24.9 Å². The minimum atomic E-state index is -0.265. The summed E-state index contributed by atoms with van der Waals surface area (Å²) < 4.78 is 13.0. The molecule has 3 atom stereocenters. The van der Waals surface area contributed by atoms with Gasteiger partial charge >= 0.3 is 0 Å². The molecule has 0 radical (unpaired) electrons. The summed E-state index contributed by atoms with van der Waals surface area (Å²) >= 11 is 0. The molecule has 2 fully saturated rings. The lowest BCUT2D eigenvalue weighted by atomic mass is 9.93. The van der Waals surface area contributed by atoms with Crippen molar-refractivity contribution in [2.75, 3.05) is 19.6 Å². The van der Waals surface area contributed by atoms with E-state index in [1.54, 1.807) is 12.1 Å². The Morgan fingerprint density at radius 2 is 2.00 bits per heavy atom. The smallest absolute Gasteiger partial charge is 0.226 e. The predicted octanol–water partition coefficient (Wildman–Crippen LogP) is 0.881. The van der Waals surface area contributed by atoms with E-state index in [0.29, 0.717) is 6.54 Å². The van der Waals surface area contributed by atoms with E-state index < -0.39 is 0 Å². The van der Waals surface area contributed by atoms with E-state index in [9.17, 15) is 9.18 Å². The molecular formula is C15H22ClFN4O. The Morgan fingerprint density at radius 1 is 1.23 bits per heavy atom. The van der Waals surface area contributed by atoms with Crippen LogP contribution in [0.4, 0.5) is 4.39 Å². The van der Waals surface area contributed by atoms with Crippen LogP contribution in [0.5, 0.6) is 0 Å². The Bertz CT molecular complexity index is 493. The van der Waals surface area contributed by atoms with Crippen molar-refractivity contribution >= 4 is 18.3 Å². The molecule has 2 heterocycles. The molecule has 2 saturated heterocycles. The van der Waals surface area contributed by atoms with Gasteiger partial charge in [0.1, 0.15) is 5.82 Å². The lowest BCUT2D eigenvalue weighted by Crippen LogP contribution is -2.48. The van der Waals surface area contributed by atoms with Crippen LogP contribution >= 0.6 is 12.4 Å². The van der Waals surface area contributed by atoms with Crippen LogP contribution < -0.4 is 21.5 Å². The van der Waals surface area contributed by atoms with Crippen molar-refractivity contribution in [1.29, 1.82) is 0 Å². The second-order valence-corrected chi connectivity index (χ2v) is 5.71. The molecule has 0 spiro atoms. The normalized spacial score (nSPS) is 28.0. The van der Waals surface area contributed by atoms with E-state index in [4.69, 9.17) is 0 Å². The van der Waals surface area contributed by atoms with Gasteiger partial charge in [-0.1, -0.05) is 12.1 Å². The Labute approximate surface area is 135 Å². The van der Waals surface area contributed by atoms with Gasteiger partial charge < -0.3 is 10.6 Å². The van der Waals surface area contributed by atoms with E-state index in [0.717, 1.165) is 31.5 Å². The summed E-state index contributed by atoms with van der Waals surface area (Å²) in [7, 11) is 0. The fourth-order valence-electron chi connectivity index (χ4n) is 3.01. The minimum Gasteiger partial charge on any atom is -0.352 e. The van der Waals surface area contributed by atoms with Crippen LogP contribution in [0.15, 0.2) is 24.3 Å². The SMILES string of the molecule is Cl.O=C(NC1CCCNC1)C1CNNC1c1ccc(F)cc1. The fourth-order valence-corrected chi connectivity index (χ4v) is 3.01. The Balaban J connectivity index is 0.00000176. The number of nitrogens with one attached hydrogen (secondary N) is 4. The van der Waals surface area contributed by atoms with Gasteiger partial charge in [-0.25, -0.2) is 9.82 Å². The molecule has 1 aromatic carbocycles. The molecule has 2 aliphatic rings. The van der Waals surface area contributed by atoms with Crippen molar-refractivity contribution in [3.63, 3.8) is 0 Å². The Kier molecular flexibility index (Phi) is 6.14. The van der Waals surface area contributed by atoms with Gasteiger partial charge in [-0.2, -0.15) is 0 Å². The largest absolute Gasteiger partial charge is 0.352 e. The minimum absolute atomic E-state index is 0. The highest BCUT2D eigenvalue weighted by atomic mass is 35.5. The van der Waals surface area contributed by atoms with Gasteiger partial charge in [0.15, 0.2) is 0 Å². The molecule has 4 N–H and O–H groups in total. The standard InChI is InChI=1S/C15H21FN4O.ClH/c16-11-5-3-10(4-6-11)14-13(9-18-20-14)15(21)19-12-2-1-7-17-8-12;/h3-6,12-14,17-18,20H,1-2,7-9H2,(H,19,21);1H.